The first-order valence-electron chi connectivity index (χ1n) is 9.92. The summed E-state index contributed by atoms with van der Waals surface area (Å²) in [5.74, 6) is 0.0806. The van der Waals surface area contributed by atoms with E-state index in [9.17, 15) is 18.0 Å². The first-order valence-corrected chi connectivity index (χ1v) is 9.92. The number of cyclic esters (lactones) is 1. The highest BCUT2D eigenvalue weighted by atomic mass is 19.4. The minimum atomic E-state index is -4.45. The van der Waals surface area contributed by atoms with E-state index in [4.69, 9.17) is 9.15 Å². The van der Waals surface area contributed by atoms with Crippen LogP contribution in [-0.4, -0.2) is 11.9 Å². The van der Waals surface area contributed by atoms with Crippen LogP contribution in [0.15, 0.2) is 75.8 Å². The van der Waals surface area contributed by atoms with Crippen molar-refractivity contribution in [1.82, 2.24) is 0 Å². The molecule has 4 rings (SSSR count). The summed E-state index contributed by atoms with van der Waals surface area (Å²) >= 11 is 0. The summed E-state index contributed by atoms with van der Waals surface area (Å²) < 4.78 is 49.8. The van der Waals surface area contributed by atoms with E-state index < -0.39 is 17.7 Å². The third kappa shape index (κ3) is 4.51. The quantitative estimate of drug-likeness (QED) is 0.341. The lowest BCUT2D eigenvalue weighted by molar-refractivity contribution is -0.137. The van der Waals surface area contributed by atoms with Gasteiger partial charge in [0.25, 0.3) is 0 Å². The maximum absolute atomic E-state index is 13.0. The van der Waals surface area contributed by atoms with Gasteiger partial charge in [0.05, 0.1) is 5.56 Å². The largest absolute Gasteiger partial charge is 0.457 e. The maximum Gasteiger partial charge on any atom is 0.416 e. The van der Waals surface area contributed by atoms with Crippen LogP contribution in [0.25, 0.3) is 17.4 Å². The SMILES string of the molecule is CC(C)(C)c1ccc(C2=N/C(=C\c3ccc(-c4cccc(C(F)(F)F)c4)o3)C(=O)O2)cc1. The lowest BCUT2D eigenvalue weighted by atomic mass is 9.87. The Hall–Kier alpha value is -3.61. The normalized spacial score (nSPS) is 15.8. The van der Waals surface area contributed by atoms with Crippen molar-refractivity contribution >= 4 is 17.9 Å². The molecule has 1 aromatic heterocycles. The zero-order valence-electron chi connectivity index (χ0n) is 17.7. The molecule has 164 valence electrons. The molecular weight excluding hydrogens is 419 g/mol. The fourth-order valence-electron chi connectivity index (χ4n) is 3.21. The molecular formula is C25H20F3NO3. The van der Waals surface area contributed by atoms with Gasteiger partial charge in [0.15, 0.2) is 5.70 Å². The molecule has 0 N–H and O–H groups in total. The summed E-state index contributed by atoms with van der Waals surface area (Å²) in [6.07, 6.45) is -3.05. The second-order valence-corrected chi connectivity index (χ2v) is 8.44. The van der Waals surface area contributed by atoms with E-state index in [0.717, 1.165) is 17.7 Å². The Morgan fingerprint density at radius 2 is 1.59 bits per heavy atom. The summed E-state index contributed by atoms with van der Waals surface area (Å²) in [5, 5.41) is 0. The van der Waals surface area contributed by atoms with Crippen molar-refractivity contribution in [2.75, 3.05) is 0 Å². The fraction of sp³-hybridized carbons (Fsp3) is 0.200. The third-order valence-corrected chi connectivity index (χ3v) is 5.00. The average Bonchev–Trinajstić information content (AvgIpc) is 3.34. The molecule has 1 aliphatic rings. The van der Waals surface area contributed by atoms with Crippen LogP contribution in [0.4, 0.5) is 13.2 Å². The molecule has 7 heteroatoms. The molecule has 32 heavy (non-hydrogen) atoms. The fourth-order valence-corrected chi connectivity index (χ4v) is 3.21. The van der Waals surface area contributed by atoms with Crippen molar-refractivity contribution < 1.29 is 27.1 Å². The Morgan fingerprint density at radius 3 is 2.25 bits per heavy atom. The van der Waals surface area contributed by atoms with Crippen molar-refractivity contribution in [3.63, 3.8) is 0 Å². The number of benzene rings is 2. The van der Waals surface area contributed by atoms with Crippen LogP contribution in [0.2, 0.25) is 0 Å². The van der Waals surface area contributed by atoms with E-state index in [-0.39, 0.29) is 34.1 Å². The van der Waals surface area contributed by atoms with Crippen molar-refractivity contribution in [3.8, 4) is 11.3 Å². The zero-order chi connectivity index (χ0) is 23.1. The smallest absolute Gasteiger partial charge is 0.416 e. The first kappa shape index (κ1) is 21.6. The van der Waals surface area contributed by atoms with Gasteiger partial charge < -0.3 is 9.15 Å². The van der Waals surface area contributed by atoms with Gasteiger partial charge in [-0.2, -0.15) is 13.2 Å². The maximum atomic E-state index is 13.0. The Labute approximate surface area is 183 Å². The highest BCUT2D eigenvalue weighted by Crippen LogP contribution is 2.33. The molecule has 1 aliphatic heterocycles. The molecule has 0 spiro atoms. The third-order valence-electron chi connectivity index (χ3n) is 5.00. The van der Waals surface area contributed by atoms with Crippen LogP contribution in [0.1, 0.15) is 43.2 Å². The Morgan fingerprint density at radius 1 is 0.875 bits per heavy atom. The Bertz CT molecular complexity index is 1230. The number of aliphatic imine (C=N–C) groups is 1. The lowest BCUT2D eigenvalue weighted by Crippen LogP contribution is -2.11. The van der Waals surface area contributed by atoms with E-state index in [0.29, 0.717) is 5.56 Å². The molecule has 0 radical (unpaired) electrons. The summed E-state index contributed by atoms with van der Waals surface area (Å²) in [7, 11) is 0. The number of ether oxygens (including phenoxy) is 1. The monoisotopic (exact) mass is 439 g/mol. The zero-order valence-corrected chi connectivity index (χ0v) is 17.7. The topological polar surface area (TPSA) is 51.8 Å². The van der Waals surface area contributed by atoms with Gasteiger partial charge in [0.2, 0.25) is 5.90 Å². The Kier molecular flexibility index (Phi) is 5.28. The van der Waals surface area contributed by atoms with E-state index in [1.165, 1.54) is 24.3 Å². The highest BCUT2D eigenvalue weighted by Gasteiger charge is 2.30. The van der Waals surface area contributed by atoms with E-state index >= 15 is 0 Å². The van der Waals surface area contributed by atoms with Gasteiger partial charge in [0.1, 0.15) is 11.5 Å². The molecule has 0 saturated heterocycles. The van der Waals surface area contributed by atoms with E-state index in [1.807, 2.05) is 24.3 Å². The number of furan rings is 1. The van der Waals surface area contributed by atoms with Crippen molar-refractivity contribution in [1.29, 1.82) is 0 Å². The number of carbonyl (C=O) groups is 1. The summed E-state index contributed by atoms with van der Waals surface area (Å²) in [6.45, 7) is 6.31. The number of halogens is 3. The van der Waals surface area contributed by atoms with E-state index in [2.05, 4.69) is 25.8 Å². The molecule has 0 bridgehead atoms. The predicted octanol–water partition coefficient (Wildman–Crippen LogP) is 6.61. The minimum absolute atomic E-state index is 0.00559. The summed E-state index contributed by atoms with van der Waals surface area (Å²) in [4.78, 5) is 16.5. The number of esters is 1. The van der Waals surface area contributed by atoms with Gasteiger partial charge in [-0.1, -0.05) is 45.0 Å². The second kappa shape index (κ2) is 7.82. The molecule has 0 unspecified atom stereocenters. The standard InChI is InChI=1S/C25H20F3NO3/c1-24(2,3)17-9-7-15(8-10-17)22-29-20(23(30)32-22)14-19-11-12-21(31-19)16-5-4-6-18(13-16)25(26,27)28/h4-14H,1-3H3/b20-14-. The van der Waals surface area contributed by atoms with Crippen molar-refractivity contribution in [2.45, 2.75) is 32.4 Å². The molecule has 0 saturated carbocycles. The Balaban J connectivity index is 1.58. The second-order valence-electron chi connectivity index (χ2n) is 8.44. The van der Waals surface area contributed by atoms with Gasteiger partial charge in [-0.05, 0) is 47.4 Å². The van der Waals surface area contributed by atoms with Crippen LogP contribution < -0.4 is 0 Å². The molecule has 0 aliphatic carbocycles. The van der Waals surface area contributed by atoms with Crippen LogP contribution in [0.3, 0.4) is 0 Å². The number of alkyl halides is 3. The van der Waals surface area contributed by atoms with Crippen LogP contribution in [0.5, 0.6) is 0 Å². The molecule has 4 nitrogen and oxygen atoms in total. The van der Waals surface area contributed by atoms with Crippen molar-refractivity contribution in [3.05, 3.63) is 88.8 Å². The molecule has 3 aromatic rings. The van der Waals surface area contributed by atoms with Gasteiger partial charge in [0, 0.05) is 17.2 Å². The average molecular weight is 439 g/mol. The molecule has 2 heterocycles. The minimum Gasteiger partial charge on any atom is -0.457 e. The molecule has 0 atom stereocenters. The lowest BCUT2D eigenvalue weighted by Gasteiger charge is -2.18. The van der Waals surface area contributed by atoms with Gasteiger partial charge in [-0.25, -0.2) is 9.79 Å². The van der Waals surface area contributed by atoms with Crippen molar-refractivity contribution in [2.24, 2.45) is 4.99 Å². The number of hydrogen-bond donors (Lipinski definition) is 0. The van der Waals surface area contributed by atoms with E-state index in [1.54, 1.807) is 6.07 Å². The number of rotatable bonds is 3. The van der Waals surface area contributed by atoms with Crippen LogP contribution in [-0.2, 0) is 21.1 Å². The first-order chi connectivity index (χ1) is 15.0. The predicted molar refractivity (Wildman–Crippen MR) is 115 cm³/mol. The molecule has 0 amide bonds. The van der Waals surface area contributed by atoms with Crippen LogP contribution >= 0.6 is 0 Å². The highest BCUT2D eigenvalue weighted by molar-refractivity contribution is 6.12. The van der Waals surface area contributed by atoms with Crippen LogP contribution in [0, 0.1) is 0 Å². The number of carbonyl (C=O) groups excluding carboxylic acids is 1. The van der Waals surface area contributed by atoms with Gasteiger partial charge in [-0.3, -0.25) is 0 Å². The number of nitrogens with zero attached hydrogens (tertiary/aromatic N) is 1. The van der Waals surface area contributed by atoms with Gasteiger partial charge >= 0.3 is 12.1 Å². The number of hydrogen-bond acceptors (Lipinski definition) is 4. The summed E-state index contributed by atoms with van der Waals surface area (Å²) in [5.41, 5.74) is 1.36. The summed E-state index contributed by atoms with van der Waals surface area (Å²) in [6, 6.07) is 15.5. The molecule has 0 fully saturated rings. The molecule has 2 aromatic carbocycles. The van der Waals surface area contributed by atoms with Gasteiger partial charge in [-0.15, -0.1) is 0 Å².